The van der Waals surface area contributed by atoms with Gasteiger partial charge in [0.15, 0.2) is 0 Å². The van der Waals surface area contributed by atoms with Crippen molar-refractivity contribution in [2.24, 2.45) is 5.73 Å². The monoisotopic (exact) mass is 271 g/mol. The van der Waals surface area contributed by atoms with Crippen molar-refractivity contribution in [2.75, 3.05) is 19.3 Å². The van der Waals surface area contributed by atoms with Crippen molar-refractivity contribution in [2.45, 2.75) is 25.8 Å². The second kappa shape index (κ2) is 6.82. The zero-order chi connectivity index (χ0) is 13.6. The highest BCUT2D eigenvalue weighted by molar-refractivity contribution is 7.89. The van der Waals surface area contributed by atoms with Crippen LogP contribution in [0.25, 0.3) is 0 Å². The Bertz CT molecular complexity index is 446. The van der Waals surface area contributed by atoms with Gasteiger partial charge in [0.2, 0.25) is 10.0 Å². The zero-order valence-corrected chi connectivity index (χ0v) is 11.7. The summed E-state index contributed by atoms with van der Waals surface area (Å²) in [6.07, 6.45) is 4.52. The minimum Gasteiger partial charge on any atom is -0.328 e. The lowest BCUT2D eigenvalue weighted by molar-refractivity contribution is 0.446. The van der Waals surface area contributed by atoms with E-state index in [0.29, 0.717) is 19.4 Å². The summed E-state index contributed by atoms with van der Waals surface area (Å²) in [7, 11) is -1.60. The zero-order valence-electron chi connectivity index (χ0n) is 10.9. The van der Waals surface area contributed by atoms with Crippen LogP contribution in [0.5, 0.6) is 0 Å². The molecule has 0 aliphatic rings. The summed E-state index contributed by atoms with van der Waals surface area (Å²) < 4.78 is 25.4. The summed E-state index contributed by atoms with van der Waals surface area (Å²) in [5.41, 5.74) is 6.60. The Morgan fingerprint density at radius 3 is 2.56 bits per heavy atom. The molecule has 0 saturated heterocycles. The smallest absolute Gasteiger partial charge is 0.214 e. The van der Waals surface area contributed by atoms with Crippen molar-refractivity contribution < 1.29 is 8.42 Å². The fourth-order valence-electron chi connectivity index (χ4n) is 1.48. The average molecular weight is 271 g/mol. The minimum atomic E-state index is -3.20. The number of nitrogens with two attached hydrogens (primary N) is 1. The quantitative estimate of drug-likeness (QED) is 0.789. The molecule has 0 aliphatic heterocycles. The molecule has 0 aliphatic carbocycles. The molecular weight excluding hydrogens is 250 g/mol. The van der Waals surface area contributed by atoms with Crippen LogP contribution in [0.3, 0.4) is 0 Å². The summed E-state index contributed by atoms with van der Waals surface area (Å²) in [4.78, 5) is 3.90. The molecule has 1 aromatic rings. The molecule has 6 heteroatoms. The molecule has 1 atom stereocenters. The number of hydrogen-bond donors (Lipinski definition) is 1. The molecule has 102 valence electrons. The molecule has 0 saturated carbocycles. The fraction of sp³-hybridized carbons (Fsp3) is 0.583. The molecule has 0 amide bonds. The van der Waals surface area contributed by atoms with Crippen LogP contribution in [0.15, 0.2) is 24.5 Å². The van der Waals surface area contributed by atoms with Gasteiger partial charge in [-0.05, 0) is 37.5 Å². The Morgan fingerprint density at radius 1 is 1.39 bits per heavy atom. The minimum absolute atomic E-state index is 0.0165. The molecule has 0 bridgehead atoms. The maximum Gasteiger partial charge on any atom is 0.214 e. The Kier molecular flexibility index (Phi) is 5.71. The molecule has 0 fully saturated rings. The van der Waals surface area contributed by atoms with E-state index in [1.54, 1.807) is 19.4 Å². The highest BCUT2D eigenvalue weighted by atomic mass is 32.2. The normalized spacial score (nSPS) is 13.8. The first-order valence-corrected chi connectivity index (χ1v) is 7.61. The molecule has 0 aromatic carbocycles. The lowest BCUT2D eigenvalue weighted by atomic mass is 10.2. The van der Waals surface area contributed by atoms with Gasteiger partial charge in [0.05, 0.1) is 5.75 Å². The van der Waals surface area contributed by atoms with Gasteiger partial charge in [-0.15, -0.1) is 0 Å². The van der Waals surface area contributed by atoms with Gasteiger partial charge in [-0.25, -0.2) is 12.7 Å². The van der Waals surface area contributed by atoms with Crippen molar-refractivity contribution in [3.05, 3.63) is 30.1 Å². The molecule has 0 radical (unpaired) electrons. The lowest BCUT2D eigenvalue weighted by Crippen LogP contribution is -2.33. The lowest BCUT2D eigenvalue weighted by Gasteiger charge is -2.18. The van der Waals surface area contributed by atoms with Crippen LogP contribution in [0.4, 0.5) is 0 Å². The maximum absolute atomic E-state index is 12.0. The molecule has 1 rings (SSSR count). The Hall–Kier alpha value is -0.980. The van der Waals surface area contributed by atoms with E-state index in [4.69, 9.17) is 5.73 Å². The van der Waals surface area contributed by atoms with E-state index in [2.05, 4.69) is 4.98 Å². The van der Waals surface area contributed by atoms with E-state index in [9.17, 15) is 8.42 Å². The summed E-state index contributed by atoms with van der Waals surface area (Å²) in [5.74, 6) is 0.118. The van der Waals surface area contributed by atoms with E-state index in [1.807, 2.05) is 19.1 Å². The predicted octanol–water partition coefficient (Wildman–Crippen LogP) is 0.623. The van der Waals surface area contributed by atoms with E-state index < -0.39 is 10.0 Å². The van der Waals surface area contributed by atoms with Gasteiger partial charge in [0, 0.05) is 32.0 Å². The van der Waals surface area contributed by atoms with Crippen LogP contribution in [-0.2, 0) is 16.4 Å². The van der Waals surface area contributed by atoms with Gasteiger partial charge in [0.25, 0.3) is 0 Å². The Morgan fingerprint density at radius 2 is 2.00 bits per heavy atom. The van der Waals surface area contributed by atoms with Gasteiger partial charge in [0.1, 0.15) is 0 Å². The number of nitrogens with zero attached hydrogens (tertiary/aromatic N) is 2. The predicted molar refractivity (Wildman–Crippen MR) is 72.6 cm³/mol. The van der Waals surface area contributed by atoms with Crippen LogP contribution < -0.4 is 5.73 Å². The van der Waals surface area contributed by atoms with Gasteiger partial charge in [-0.1, -0.05) is 0 Å². The van der Waals surface area contributed by atoms with E-state index >= 15 is 0 Å². The summed E-state index contributed by atoms with van der Waals surface area (Å²) in [6.45, 7) is 2.34. The third-order valence-electron chi connectivity index (χ3n) is 2.77. The molecule has 0 spiro atoms. The average Bonchev–Trinajstić information content (AvgIpc) is 2.34. The largest absolute Gasteiger partial charge is 0.328 e. The van der Waals surface area contributed by atoms with Gasteiger partial charge < -0.3 is 5.73 Å². The maximum atomic E-state index is 12.0. The standard InChI is InChI=1S/C12H21N3O2S/c1-11(13)5-9-15(2)18(16,17)10-6-12-3-7-14-8-4-12/h3-4,7-8,11H,5-6,9-10,13H2,1-2H3. The van der Waals surface area contributed by atoms with Gasteiger partial charge >= 0.3 is 0 Å². The van der Waals surface area contributed by atoms with Crippen LogP contribution in [0.1, 0.15) is 18.9 Å². The van der Waals surface area contributed by atoms with Gasteiger partial charge in [-0.3, -0.25) is 4.98 Å². The van der Waals surface area contributed by atoms with Crippen molar-refractivity contribution in [1.29, 1.82) is 0 Å². The number of pyridine rings is 1. The SMILES string of the molecule is CC(N)CCN(C)S(=O)(=O)CCc1ccncc1. The number of aryl methyl sites for hydroxylation is 1. The number of aromatic nitrogens is 1. The van der Waals surface area contributed by atoms with E-state index in [0.717, 1.165) is 5.56 Å². The molecule has 1 heterocycles. The Balaban J connectivity index is 2.49. The first-order valence-electron chi connectivity index (χ1n) is 6.00. The number of hydrogen-bond acceptors (Lipinski definition) is 4. The molecule has 18 heavy (non-hydrogen) atoms. The highest BCUT2D eigenvalue weighted by Gasteiger charge is 2.17. The second-order valence-electron chi connectivity index (χ2n) is 4.51. The Labute approximate surface area is 109 Å². The molecule has 1 aromatic heterocycles. The van der Waals surface area contributed by atoms with Crippen LogP contribution >= 0.6 is 0 Å². The van der Waals surface area contributed by atoms with Crippen LogP contribution in [0.2, 0.25) is 0 Å². The van der Waals surface area contributed by atoms with Crippen molar-refractivity contribution in [1.82, 2.24) is 9.29 Å². The molecular formula is C12H21N3O2S. The van der Waals surface area contributed by atoms with E-state index in [1.165, 1.54) is 4.31 Å². The summed E-state index contributed by atoms with van der Waals surface area (Å²) in [6, 6.07) is 3.68. The van der Waals surface area contributed by atoms with Gasteiger partial charge in [-0.2, -0.15) is 0 Å². The second-order valence-corrected chi connectivity index (χ2v) is 6.70. The van der Waals surface area contributed by atoms with Crippen molar-refractivity contribution >= 4 is 10.0 Å². The van der Waals surface area contributed by atoms with Crippen molar-refractivity contribution in [3.8, 4) is 0 Å². The van der Waals surface area contributed by atoms with Crippen LogP contribution in [0, 0.1) is 0 Å². The summed E-state index contributed by atoms with van der Waals surface area (Å²) in [5, 5.41) is 0. The van der Waals surface area contributed by atoms with Crippen LogP contribution in [-0.4, -0.2) is 43.1 Å². The third-order valence-corrected chi connectivity index (χ3v) is 4.62. The number of sulfonamides is 1. The van der Waals surface area contributed by atoms with E-state index in [-0.39, 0.29) is 11.8 Å². The molecule has 1 unspecified atom stereocenters. The number of rotatable bonds is 7. The highest BCUT2D eigenvalue weighted by Crippen LogP contribution is 2.05. The third kappa shape index (κ3) is 5.12. The summed E-state index contributed by atoms with van der Waals surface area (Å²) >= 11 is 0. The fourth-order valence-corrected chi connectivity index (χ4v) is 2.67. The first-order chi connectivity index (χ1) is 8.42. The molecule has 2 N–H and O–H groups in total. The molecule has 5 nitrogen and oxygen atoms in total. The topological polar surface area (TPSA) is 76.3 Å². The van der Waals surface area contributed by atoms with Crippen molar-refractivity contribution in [3.63, 3.8) is 0 Å². The first kappa shape index (κ1) is 15.1.